The second kappa shape index (κ2) is 5.07. The van der Waals surface area contributed by atoms with Crippen LogP contribution in [0.3, 0.4) is 0 Å². The molecule has 0 spiro atoms. The van der Waals surface area contributed by atoms with E-state index in [0.717, 1.165) is 22.5 Å². The summed E-state index contributed by atoms with van der Waals surface area (Å²) in [7, 11) is 0. The van der Waals surface area contributed by atoms with Gasteiger partial charge >= 0.3 is 0 Å². The fraction of sp³-hybridized carbons (Fsp3) is 0.0556. The summed E-state index contributed by atoms with van der Waals surface area (Å²) in [5.41, 5.74) is 5.86. The van der Waals surface area contributed by atoms with Crippen molar-refractivity contribution in [1.29, 1.82) is 5.26 Å². The minimum atomic E-state index is 0.674. The van der Waals surface area contributed by atoms with Crippen LogP contribution in [0.2, 0.25) is 0 Å². The molecule has 1 heterocycles. The molecule has 0 aliphatic heterocycles. The quantitative estimate of drug-likeness (QED) is 0.720. The highest BCUT2D eigenvalue weighted by Crippen LogP contribution is 2.28. The zero-order valence-electron chi connectivity index (χ0n) is 11.2. The third-order valence-electron chi connectivity index (χ3n) is 3.36. The van der Waals surface area contributed by atoms with E-state index in [1.807, 2.05) is 48.5 Å². The molecule has 0 atom stereocenters. The lowest BCUT2D eigenvalue weighted by molar-refractivity contribution is 1.37. The molecule has 0 aliphatic rings. The molecule has 0 aliphatic carbocycles. The van der Waals surface area contributed by atoms with Crippen LogP contribution in [0.5, 0.6) is 0 Å². The van der Waals surface area contributed by atoms with E-state index in [4.69, 9.17) is 0 Å². The summed E-state index contributed by atoms with van der Waals surface area (Å²) in [5, 5.41) is 9.32. The van der Waals surface area contributed by atoms with E-state index in [-0.39, 0.29) is 0 Å². The molecule has 96 valence electrons. The molecule has 2 nitrogen and oxygen atoms in total. The molecular formula is C18H14N2. The van der Waals surface area contributed by atoms with Gasteiger partial charge in [0.2, 0.25) is 0 Å². The Morgan fingerprint density at radius 3 is 2.25 bits per heavy atom. The summed E-state index contributed by atoms with van der Waals surface area (Å²) >= 11 is 0. The predicted octanol–water partition coefficient (Wildman–Crippen LogP) is 4.53. The Hall–Kier alpha value is -2.79. The molecule has 0 radical (unpaired) electrons. The van der Waals surface area contributed by atoms with Crippen molar-refractivity contribution in [1.82, 2.24) is 4.98 Å². The molecule has 0 amide bonds. The Kier molecular flexibility index (Phi) is 3.10. The van der Waals surface area contributed by atoms with Gasteiger partial charge in [-0.05, 0) is 24.1 Å². The highest BCUT2D eigenvalue weighted by Gasteiger charge is 2.10. The van der Waals surface area contributed by atoms with Gasteiger partial charge in [0.05, 0.1) is 11.3 Å². The van der Waals surface area contributed by atoms with Crippen LogP contribution >= 0.6 is 0 Å². The number of nitrogens with one attached hydrogen (secondary N) is 1. The summed E-state index contributed by atoms with van der Waals surface area (Å²) in [6.07, 6.45) is 0. The molecule has 3 aromatic rings. The number of aromatic nitrogens is 1. The third kappa shape index (κ3) is 2.22. The maximum Gasteiger partial charge on any atom is 0.101 e. The largest absolute Gasteiger partial charge is 0.353 e. The normalized spacial score (nSPS) is 10.2. The van der Waals surface area contributed by atoms with Crippen LogP contribution in [0.15, 0.2) is 60.7 Å². The highest BCUT2D eigenvalue weighted by atomic mass is 14.7. The zero-order chi connectivity index (χ0) is 13.9. The molecule has 0 fully saturated rings. The van der Waals surface area contributed by atoms with Crippen molar-refractivity contribution in [2.45, 2.75) is 6.92 Å². The summed E-state index contributed by atoms with van der Waals surface area (Å²) in [4.78, 5) is 3.36. The molecule has 0 saturated carbocycles. The van der Waals surface area contributed by atoms with Gasteiger partial charge in [0.25, 0.3) is 0 Å². The van der Waals surface area contributed by atoms with Crippen molar-refractivity contribution in [3.63, 3.8) is 0 Å². The lowest BCUT2D eigenvalue weighted by Crippen LogP contribution is -1.82. The topological polar surface area (TPSA) is 39.6 Å². The Morgan fingerprint density at radius 1 is 0.900 bits per heavy atom. The van der Waals surface area contributed by atoms with Crippen LogP contribution < -0.4 is 0 Å². The maximum absolute atomic E-state index is 9.32. The van der Waals surface area contributed by atoms with Gasteiger partial charge in [-0.15, -0.1) is 0 Å². The average molecular weight is 258 g/mol. The molecule has 3 rings (SSSR count). The molecule has 2 aromatic carbocycles. The van der Waals surface area contributed by atoms with Crippen molar-refractivity contribution in [2.24, 2.45) is 0 Å². The van der Waals surface area contributed by atoms with Crippen LogP contribution in [-0.2, 0) is 0 Å². The molecule has 2 heteroatoms. The first-order chi connectivity index (χ1) is 9.78. The van der Waals surface area contributed by atoms with Gasteiger partial charge in [0.1, 0.15) is 6.07 Å². The molecular weight excluding hydrogens is 244 g/mol. The Labute approximate surface area is 118 Å². The lowest BCUT2D eigenvalue weighted by Gasteiger charge is -2.01. The number of hydrogen-bond donors (Lipinski definition) is 1. The first kappa shape index (κ1) is 12.3. The maximum atomic E-state index is 9.32. The fourth-order valence-electron chi connectivity index (χ4n) is 2.26. The first-order valence-corrected chi connectivity index (χ1v) is 6.53. The monoisotopic (exact) mass is 258 g/mol. The van der Waals surface area contributed by atoms with Gasteiger partial charge in [0.15, 0.2) is 0 Å². The third-order valence-corrected chi connectivity index (χ3v) is 3.36. The van der Waals surface area contributed by atoms with Crippen molar-refractivity contribution in [3.05, 3.63) is 71.8 Å². The van der Waals surface area contributed by atoms with Gasteiger partial charge in [-0.3, -0.25) is 0 Å². The number of benzene rings is 2. The number of aryl methyl sites for hydroxylation is 1. The molecule has 0 bridgehead atoms. The Bertz CT molecular complexity index is 759. The minimum Gasteiger partial charge on any atom is -0.353 e. The summed E-state index contributed by atoms with van der Waals surface area (Å²) in [6.45, 7) is 2.05. The van der Waals surface area contributed by atoms with Crippen LogP contribution in [0.1, 0.15) is 11.1 Å². The number of nitriles is 1. The van der Waals surface area contributed by atoms with E-state index >= 15 is 0 Å². The van der Waals surface area contributed by atoms with Gasteiger partial charge in [0, 0.05) is 5.69 Å². The van der Waals surface area contributed by atoms with Crippen molar-refractivity contribution >= 4 is 0 Å². The second-order valence-corrected chi connectivity index (χ2v) is 4.82. The second-order valence-electron chi connectivity index (χ2n) is 4.82. The van der Waals surface area contributed by atoms with E-state index in [1.54, 1.807) is 0 Å². The summed E-state index contributed by atoms with van der Waals surface area (Å²) in [5.74, 6) is 0. The van der Waals surface area contributed by atoms with Crippen LogP contribution in [0.25, 0.3) is 22.5 Å². The number of nitrogens with zero attached hydrogens (tertiary/aromatic N) is 1. The molecule has 0 unspecified atom stereocenters. The van der Waals surface area contributed by atoms with E-state index in [2.05, 4.69) is 30.1 Å². The van der Waals surface area contributed by atoms with Crippen molar-refractivity contribution < 1.29 is 0 Å². The fourth-order valence-corrected chi connectivity index (χ4v) is 2.26. The Morgan fingerprint density at radius 2 is 1.60 bits per heavy atom. The van der Waals surface area contributed by atoms with Crippen LogP contribution in [0.4, 0.5) is 0 Å². The lowest BCUT2D eigenvalue weighted by atomic mass is 10.1. The van der Waals surface area contributed by atoms with Gasteiger partial charge < -0.3 is 4.98 Å². The molecule has 0 saturated heterocycles. The molecule has 1 N–H and O–H groups in total. The minimum absolute atomic E-state index is 0.674. The first-order valence-electron chi connectivity index (χ1n) is 6.53. The molecule has 1 aromatic heterocycles. The van der Waals surface area contributed by atoms with Crippen molar-refractivity contribution in [2.75, 3.05) is 0 Å². The van der Waals surface area contributed by atoms with Crippen LogP contribution in [-0.4, -0.2) is 4.98 Å². The van der Waals surface area contributed by atoms with Gasteiger partial charge in [-0.25, -0.2) is 0 Å². The summed E-state index contributed by atoms with van der Waals surface area (Å²) < 4.78 is 0. The van der Waals surface area contributed by atoms with E-state index < -0.39 is 0 Å². The SMILES string of the molecule is Cc1ccc(-c2[nH]c(-c3ccccc3)cc2C#N)cc1. The number of H-pyrrole nitrogens is 1. The van der Waals surface area contributed by atoms with E-state index in [9.17, 15) is 5.26 Å². The van der Waals surface area contributed by atoms with Gasteiger partial charge in [-0.1, -0.05) is 60.2 Å². The number of hydrogen-bond acceptors (Lipinski definition) is 1. The highest BCUT2D eigenvalue weighted by molar-refractivity contribution is 5.74. The van der Waals surface area contributed by atoms with Crippen molar-refractivity contribution in [3.8, 4) is 28.6 Å². The van der Waals surface area contributed by atoms with Crippen LogP contribution in [0, 0.1) is 18.3 Å². The van der Waals surface area contributed by atoms with Gasteiger partial charge in [-0.2, -0.15) is 5.26 Å². The summed E-state index contributed by atoms with van der Waals surface area (Å²) in [6, 6.07) is 22.4. The molecule has 20 heavy (non-hydrogen) atoms. The average Bonchev–Trinajstić information content (AvgIpc) is 2.93. The number of aromatic amines is 1. The zero-order valence-corrected chi connectivity index (χ0v) is 11.2. The van der Waals surface area contributed by atoms with E-state index in [1.165, 1.54) is 5.56 Å². The predicted molar refractivity (Wildman–Crippen MR) is 81.1 cm³/mol. The smallest absolute Gasteiger partial charge is 0.101 e. The Balaban J connectivity index is 2.11. The number of rotatable bonds is 2. The standard InChI is InChI=1S/C18H14N2/c1-13-7-9-15(10-8-13)18-16(12-19)11-17(20-18)14-5-3-2-4-6-14/h2-11,20H,1H3. The van der Waals surface area contributed by atoms with E-state index in [0.29, 0.717) is 5.56 Å².